The molecule has 1 saturated carbocycles. The van der Waals surface area contributed by atoms with Crippen molar-refractivity contribution in [3.8, 4) is 0 Å². The van der Waals surface area contributed by atoms with Crippen LogP contribution in [0.3, 0.4) is 0 Å². The van der Waals surface area contributed by atoms with Crippen LogP contribution >= 0.6 is 31.9 Å². The van der Waals surface area contributed by atoms with Crippen LogP contribution < -0.4 is 8.85 Å². The topological polar surface area (TPSA) is 122 Å². The number of carbonyl (C=O) groups is 3. The fourth-order valence-electron chi connectivity index (χ4n) is 5.58. The van der Waals surface area contributed by atoms with E-state index in [1.165, 1.54) is 6.42 Å². The summed E-state index contributed by atoms with van der Waals surface area (Å²) in [7, 11) is 1.78. The number of benzene rings is 1. The van der Waals surface area contributed by atoms with Crippen molar-refractivity contribution < 1.29 is 24.6 Å². The van der Waals surface area contributed by atoms with Gasteiger partial charge in [0.1, 0.15) is 0 Å². The average Bonchev–Trinajstić information content (AvgIpc) is 3.52. The number of halogens is 1. The molecule has 1 aromatic rings. The van der Waals surface area contributed by atoms with E-state index in [0.29, 0.717) is 25.3 Å². The zero-order chi connectivity index (χ0) is 31.2. The van der Waals surface area contributed by atoms with Crippen molar-refractivity contribution in [2.75, 3.05) is 49.3 Å². The molecule has 9 nitrogen and oxygen atoms in total. The van der Waals surface area contributed by atoms with E-state index in [4.69, 9.17) is 0 Å². The van der Waals surface area contributed by atoms with Gasteiger partial charge < -0.3 is 0 Å². The normalized spacial score (nSPS) is 18.6. The molecule has 1 saturated heterocycles. The van der Waals surface area contributed by atoms with Crippen molar-refractivity contribution in [1.29, 1.82) is 0 Å². The minimum absolute atomic E-state index is 0.0634. The van der Waals surface area contributed by atoms with Crippen molar-refractivity contribution in [3.05, 3.63) is 35.9 Å². The van der Waals surface area contributed by atoms with Crippen LogP contribution in [-0.2, 0) is 20.8 Å². The van der Waals surface area contributed by atoms with Crippen LogP contribution in [0.1, 0.15) is 64.4 Å². The first kappa shape index (κ1) is 36.1. The Bertz CT molecular complexity index is 991. The first-order chi connectivity index (χ1) is 20.6. The Balaban J connectivity index is 1.59. The second-order valence-electron chi connectivity index (χ2n) is 12.4. The molecule has 2 fully saturated rings. The molecule has 1 heterocycles. The Kier molecular flexibility index (Phi) is 16.1. The Morgan fingerprint density at radius 3 is 2.49 bits per heavy atom. The molecule has 3 amide bonds. The van der Waals surface area contributed by atoms with E-state index in [9.17, 15) is 24.6 Å². The van der Waals surface area contributed by atoms with Gasteiger partial charge in [-0.2, -0.15) is 0 Å². The van der Waals surface area contributed by atoms with Gasteiger partial charge in [-0.05, 0) is 0 Å². The third-order valence-electron chi connectivity index (χ3n) is 8.18. The summed E-state index contributed by atoms with van der Waals surface area (Å²) in [5.74, 6) is 1.43. The van der Waals surface area contributed by atoms with Gasteiger partial charge in [-0.25, -0.2) is 0 Å². The van der Waals surface area contributed by atoms with Gasteiger partial charge in [0.05, 0.1) is 0 Å². The van der Waals surface area contributed by atoms with E-state index in [1.807, 2.05) is 55.9 Å². The van der Waals surface area contributed by atoms with Crippen LogP contribution in [0.25, 0.3) is 0 Å². The molecule has 0 unspecified atom stereocenters. The number of rotatable bonds is 17. The predicted octanol–water partition coefficient (Wildman–Crippen LogP) is 3.66. The third kappa shape index (κ3) is 13.2. The standard InChI is InChI=1S/C32H53IN4O5S/c1-24(2)18-28(38)31(41)33(21-26-12-8-5-9-13-26)35-29(39)22-34-32(42)27(19-25-10-6-4-7-11-25)20-30(40)36(3)14-15-37-16-17-43-23-37/h4,6-7,10-11,24,26-28,31,38,41H,5,8-9,12-23H2,1-3H3,(H,34,42)(H,35,39)/t27-,28+,31+/m1/s1. The molecule has 0 spiro atoms. The molecule has 1 aliphatic heterocycles. The molecule has 0 bridgehead atoms. The molecule has 0 aromatic heterocycles. The number of carbonyl (C=O) groups excluding carboxylic acids is 3. The Morgan fingerprint density at radius 1 is 1.12 bits per heavy atom. The van der Waals surface area contributed by atoms with Crippen molar-refractivity contribution in [3.63, 3.8) is 0 Å². The number of nitrogens with one attached hydrogen (secondary N) is 2. The van der Waals surface area contributed by atoms with E-state index in [2.05, 4.69) is 13.7 Å². The molecule has 0 radical (unpaired) electrons. The third-order valence-corrected chi connectivity index (χ3v) is 15.1. The number of alkyl halides is 2. The molecule has 43 heavy (non-hydrogen) atoms. The summed E-state index contributed by atoms with van der Waals surface area (Å²) in [4.78, 5) is 43.7. The minimum atomic E-state index is -2.50. The molecule has 1 aliphatic carbocycles. The van der Waals surface area contributed by atoms with Gasteiger partial charge in [-0.3, -0.25) is 0 Å². The van der Waals surface area contributed by atoms with E-state index in [0.717, 1.165) is 60.4 Å². The predicted molar refractivity (Wildman–Crippen MR) is 183 cm³/mol. The second-order valence-corrected chi connectivity index (χ2v) is 18.5. The number of aliphatic hydroxyl groups excluding tert-OH is 2. The SMILES string of the molecule is CC(C)C[C@H](O)[C@H](O)I(CC1CCCCC1)NC(=O)CNC(=O)[C@@H](CC(=O)N(C)CCN1CCSC1)Cc1ccccc1. The van der Waals surface area contributed by atoms with Crippen LogP contribution in [0.2, 0.25) is 0 Å². The van der Waals surface area contributed by atoms with Crippen molar-refractivity contribution >= 4 is 49.6 Å². The molecule has 244 valence electrons. The molecule has 4 N–H and O–H groups in total. The van der Waals surface area contributed by atoms with Gasteiger partial charge >= 0.3 is 241 Å². The molecule has 3 atom stereocenters. The fraction of sp³-hybridized carbons (Fsp3) is 0.719. The molecular formula is C32H53IN4O5S. The maximum absolute atomic E-state index is 13.4. The Hall–Kier alpha value is -1.41. The average molecular weight is 733 g/mol. The van der Waals surface area contributed by atoms with Gasteiger partial charge in [0.15, 0.2) is 0 Å². The van der Waals surface area contributed by atoms with Crippen LogP contribution in [0.15, 0.2) is 30.3 Å². The first-order valence-electron chi connectivity index (χ1n) is 15.8. The Labute approximate surface area is 270 Å². The van der Waals surface area contributed by atoms with Gasteiger partial charge in [0.25, 0.3) is 0 Å². The second kappa shape index (κ2) is 19.2. The Morgan fingerprint density at radius 2 is 1.84 bits per heavy atom. The van der Waals surface area contributed by atoms with Crippen molar-refractivity contribution in [2.45, 2.75) is 75.4 Å². The molecule has 2 aliphatic rings. The summed E-state index contributed by atoms with van der Waals surface area (Å²) < 4.78 is 2.91. The number of nitrogens with zero attached hydrogens (tertiary/aromatic N) is 2. The van der Waals surface area contributed by atoms with E-state index in [-0.39, 0.29) is 36.6 Å². The molecule has 3 rings (SSSR count). The van der Waals surface area contributed by atoms with E-state index < -0.39 is 36.2 Å². The number of hydrogen-bond donors (Lipinski definition) is 4. The van der Waals surface area contributed by atoms with Crippen LogP contribution in [0.5, 0.6) is 0 Å². The molecule has 1 aromatic carbocycles. The summed E-state index contributed by atoms with van der Waals surface area (Å²) in [5.41, 5.74) is 0.958. The van der Waals surface area contributed by atoms with Crippen LogP contribution in [0, 0.1) is 17.8 Å². The number of thioether (sulfide) groups is 1. The summed E-state index contributed by atoms with van der Waals surface area (Å²) in [6.07, 6.45) is 5.81. The molecular weight excluding hydrogens is 679 g/mol. The van der Waals surface area contributed by atoms with Crippen molar-refractivity contribution in [1.82, 2.24) is 18.6 Å². The maximum atomic E-state index is 13.4. The van der Waals surface area contributed by atoms with E-state index >= 15 is 0 Å². The summed E-state index contributed by atoms with van der Waals surface area (Å²) in [5, 5.41) is 24.5. The van der Waals surface area contributed by atoms with Gasteiger partial charge in [0, 0.05) is 18.2 Å². The monoisotopic (exact) mass is 732 g/mol. The molecule has 11 heteroatoms. The van der Waals surface area contributed by atoms with Crippen molar-refractivity contribution in [2.24, 2.45) is 17.8 Å². The van der Waals surface area contributed by atoms with Gasteiger partial charge in [0.2, 0.25) is 0 Å². The summed E-state index contributed by atoms with van der Waals surface area (Å²) in [6, 6.07) is 9.63. The number of aliphatic hydroxyl groups is 2. The van der Waals surface area contributed by atoms with Gasteiger partial charge in [-0.1, -0.05) is 0 Å². The summed E-state index contributed by atoms with van der Waals surface area (Å²) >= 11 is -0.607. The zero-order valence-electron chi connectivity index (χ0n) is 26.2. The van der Waals surface area contributed by atoms with Crippen LogP contribution in [-0.4, -0.2) is 97.2 Å². The number of likely N-dealkylation sites (N-methyl/N-ethyl adjacent to an activating group) is 1. The van der Waals surface area contributed by atoms with Gasteiger partial charge in [-0.15, -0.1) is 11.8 Å². The first-order valence-corrected chi connectivity index (χ1v) is 20.8. The quantitative estimate of drug-likeness (QED) is 0.110. The zero-order valence-corrected chi connectivity index (χ0v) is 29.2. The fourth-order valence-corrected chi connectivity index (χ4v) is 12.2. The van der Waals surface area contributed by atoms with Crippen LogP contribution in [0.4, 0.5) is 0 Å². The number of hydrogen-bond acceptors (Lipinski definition) is 7. The summed E-state index contributed by atoms with van der Waals surface area (Å²) in [6.45, 7) is 6.25. The number of amides is 3. The van der Waals surface area contributed by atoms with E-state index in [1.54, 1.807) is 11.9 Å².